The Morgan fingerprint density at radius 3 is 3.00 bits per heavy atom. The Kier molecular flexibility index (Phi) is 2.15. The molecule has 1 heterocycles. The van der Waals surface area contributed by atoms with E-state index in [0.717, 1.165) is 36.2 Å². The lowest BCUT2D eigenvalue weighted by atomic mass is 9.97. The number of aromatic carboxylic acids is 1. The van der Waals surface area contributed by atoms with Gasteiger partial charge in [0.1, 0.15) is 0 Å². The highest BCUT2D eigenvalue weighted by molar-refractivity contribution is 5.90. The maximum Gasteiger partial charge on any atom is 0.335 e. The van der Waals surface area contributed by atoms with Crippen LogP contribution in [0.4, 0.5) is 5.69 Å². The molecule has 0 aromatic heterocycles. The average molecular weight is 191 g/mol. The van der Waals surface area contributed by atoms with Gasteiger partial charge in [-0.2, -0.15) is 0 Å². The van der Waals surface area contributed by atoms with Gasteiger partial charge in [0, 0.05) is 12.2 Å². The number of rotatable bonds is 1. The fourth-order valence-corrected chi connectivity index (χ4v) is 1.86. The van der Waals surface area contributed by atoms with Gasteiger partial charge in [0.15, 0.2) is 0 Å². The minimum absolute atomic E-state index is 0.424. The quantitative estimate of drug-likeness (QED) is 0.714. The summed E-state index contributed by atoms with van der Waals surface area (Å²) in [6, 6.07) is 3.72. The minimum atomic E-state index is -0.837. The highest BCUT2D eigenvalue weighted by atomic mass is 16.4. The van der Waals surface area contributed by atoms with Crippen molar-refractivity contribution in [3.63, 3.8) is 0 Å². The molecule has 14 heavy (non-hydrogen) atoms. The molecule has 1 aliphatic heterocycles. The molecule has 2 N–H and O–H groups in total. The fourth-order valence-electron chi connectivity index (χ4n) is 1.86. The summed E-state index contributed by atoms with van der Waals surface area (Å²) in [6.45, 7) is 2.82. The van der Waals surface area contributed by atoms with E-state index in [1.165, 1.54) is 0 Å². The number of hydrogen-bond donors (Lipinski definition) is 2. The molecular formula is C11H13NO2. The number of benzene rings is 1. The number of carbonyl (C=O) groups is 1. The van der Waals surface area contributed by atoms with Crippen LogP contribution in [0.15, 0.2) is 12.1 Å². The summed E-state index contributed by atoms with van der Waals surface area (Å²) in [5.74, 6) is -0.837. The molecule has 0 saturated heterocycles. The second kappa shape index (κ2) is 3.33. The van der Waals surface area contributed by atoms with E-state index in [0.29, 0.717) is 5.56 Å². The lowest BCUT2D eigenvalue weighted by Crippen LogP contribution is -2.13. The van der Waals surface area contributed by atoms with Crippen molar-refractivity contribution in [3.05, 3.63) is 28.8 Å². The van der Waals surface area contributed by atoms with Crippen LogP contribution in [-0.2, 0) is 6.42 Å². The molecule has 1 aromatic rings. The van der Waals surface area contributed by atoms with Gasteiger partial charge in [0.05, 0.1) is 5.56 Å². The van der Waals surface area contributed by atoms with Crippen LogP contribution in [0, 0.1) is 6.92 Å². The number of nitrogens with one attached hydrogen (secondary N) is 1. The first-order chi connectivity index (χ1) is 6.68. The van der Waals surface area contributed by atoms with Crippen molar-refractivity contribution in [2.24, 2.45) is 0 Å². The summed E-state index contributed by atoms with van der Waals surface area (Å²) in [5.41, 5.74) is 3.47. The first kappa shape index (κ1) is 9.06. The SMILES string of the molecule is Cc1cc2c(cc1C(=O)O)CCCN2. The monoisotopic (exact) mass is 191 g/mol. The summed E-state index contributed by atoms with van der Waals surface area (Å²) < 4.78 is 0. The van der Waals surface area contributed by atoms with E-state index in [1.54, 1.807) is 6.07 Å². The molecule has 0 radical (unpaired) electrons. The molecule has 2 rings (SSSR count). The number of carboxylic acids is 1. The van der Waals surface area contributed by atoms with Crippen molar-refractivity contribution < 1.29 is 9.90 Å². The Balaban J connectivity index is 2.50. The second-order valence-corrected chi connectivity index (χ2v) is 3.66. The van der Waals surface area contributed by atoms with E-state index in [1.807, 2.05) is 13.0 Å². The topological polar surface area (TPSA) is 49.3 Å². The normalized spacial score (nSPS) is 14.4. The third kappa shape index (κ3) is 1.45. The second-order valence-electron chi connectivity index (χ2n) is 3.66. The smallest absolute Gasteiger partial charge is 0.335 e. The van der Waals surface area contributed by atoms with E-state index in [4.69, 9.17) is 5.11 Å². The van der Waals surface area contributed by atoms with Crippen LogP contribution < -0.4 is 5.32 Å². The maximum absolute atomic E-state index is 10.9. The van der Waals surface area contributed by atoms with Gasteiger partial charge in [-0.15, -0.1) is 0 Å². The Bertz CT molecular complexity index is 385. The third-order valence-corrected chi connectivity index (χ3v) is 2.62. The summed E-state index contributed by atoms with van der Waals surface area (Å²) in [6.07, 6.45) is 2.05. The van der Waals surface area contributed by atoms with Crippen molar-refractivity contribution in [1.82, 2.24) is 0 Å². The molecule has 1 aromatic carbocycles. The molecule has 0 bridgehead atoms. The van der Waals surface area contributed by atoms with Crippen molar-refractivity contribution in [1.29, 1.82) is 0 Å². The van der Waals surface area contributed by atoms with Gasteiger partial charge in [-0.3, -0.25) is 0 Å². The average Bonchev–Trinajstić information content (AvgIpc) is 2.16. The predicted octanol–water partition coefficient (Wildman–Crippen LogP) is 2.05. The maximum atomic E-state index is 10.9. The Labute approximate surface area is 82.8 Å². The fraction of sp³-hybridized carbons (Fsp3) is 0.364. The highest BCUT2D eigenvalue weighted by Crippen LogP contribution is 2.25. The van der Waals surface area contributed by atoms with Gasteiger partial charge < -0.3 is 10.4 Å². The van der Waals surface area contributed by atoms with Crippen molar-refractivity contribution in [2.75, 3.05) is 11.9 Å². The molecule has 74 valence electrons. The van der Waals surface area contributed by atoms with Gasteiger partial charge in [-0.05, 0) is 43.0 Å². The first-order valence-corrected chi connectivity index (χ1v) is 4.79. The molecular weight excluding hydrogens is 178 g/mol. The van der Waals surface area contributed by atoms with E-state index < -0.39 is 5.97 Å². The van der Waals surface area contributed by atoms with Crippen molar-refractivity contribution in [3.8, 4) is 0 Å². The lowest BCUT2D eigenvalue weighted by Gasteiger charge is -2.19. The van der Waals surface area contributed by atoms with Crippen LogP contribution >= 0.6 is 0 Å². The molecule has 0 amide bonds. The number of hydrogen-bond acceptors (Lipinski definition) is 2. The van der Waals surface area contributed by atoms with Crippen LogP contribution in [0.5, 0.6) is 0 Å². The molecule has 1 aliphatic rings. The molecule has 0 atom stereocenters. The third-order valence-electron chi connectivity index (χ3n) is 2.62. The van der Waals surface area contributed by atoms with Gasteiger partial charge in [-0.25, -0.2) is 4.79 Å². The van der Waals surface area contributed by atoms with Crippen LogP contribution in [-0.4, -0.2) is 17.6 Å². The Morgan fingerprint density at radius 2 is 2.29 bits per heavy atom. The van der Waals surface area contributed by atoms with Crippen LogP contribution in [0.2, 0.25) is 0 Å². The van der Waals surface area contributed by atoms with Crippen LogP contribution in [0.1, 0.15) is 27.9 Å². The van der Waals surface area contributed by atoms with E-state index in [9.17, 15) is 4.79 Å². The van der Waals surface area contributed by atoms with Gasteiger partial charge >= 0.3 is 5.97 Å². The van der Waals surface area contributed by atoms with Gasteiger partial charge in [0.25, 0.3) is 0 Å². The molecule has 0 aliphatic carbocycles. The standard InChI is InChI=1S/C11H13NO2/c1-7-5-10-8(3-2-4-12-10)6-9(7)11(13)14/h5-6,12H,2-4H2,1H3,(H,13,14). The molecule has 0 unspecified atom stereocenters. The van der Waals surface area contributed by atoms with Crippen LogP contribution in [0.3, 0.4) is 0 Å². The van der Waals surface area contributed by atoms with E-state index >= 15 is 0 Å². The zero-order valence-electron chi connectivity index (χ0n) is 8.13. The summed E-state index contributed by atoms with van der Waals surface area (Å²) in [4.78, 5) is 10.9. The molecule has 3 heteroatoms. The van der Waals surface area contributed by atoms with Crippen molar-refractivity contribution >= 4 is 11.7 Å². The zero-order chi connectivity index (χ0) is 10.1. The zero-order valence-corrected chi connectivity index (χ0v) is 8.13. The van der Waals surface area contributed by atoms with Crippen LogP contribution in [0.25, 0.3) is 0 Å². The lowest BCUT2D eigenvalue weighted by molar-refractivity contribution is 0.0696. The van der Waals surface area contributed by atoms with E-state index in [-0.39, 0.29) is 0 Å². The summed E-state index contributed by atoms with van der Waals surface area (Å²) >= 11 is 0. The number of carboxylic acid groups (broad SMARTS) is 1. The predicted molar refractivity (Wildman–Crippen MR) is 54.9 cm³/mol. The van der Waals surface area contributed by atoms with Crippen molar-refractivity contribution in [2.45, 2.75) is 19.8 Å². The number of aryl methyl sites for hydroxylation is 2. The van der Waals surface area contributed by atoms with Gasteiger partial charge in [0.2, 0.25) is 0 Å². The number of anilines is 1. The number of fused-ring (bicyclic) bond motifs is 1. The summed E-state index contributed by atoms with van der Waals surface area (Å²) in [5, 5.41) is 12.2. The Morgan fingerprint density at radius 1 is 1.50 bits per heavy atom. The molecule has 0 spiro atoms. The Hall–Kier alpha value is -1.51. The highest BCUT2D eigenvalue weighted by Gasteiger charge is 2.14. The largest absolute Gasteiger partial charge is 0.478 e. The molecule has 0 fully saturated rings. The van der Waals surface area contributed by atoms with E-state index in [2.05, 4.69) is 5.32 Å². The summed E-state index contributed by atoms with van der Waals surface area (Å²) in [7, 11) is 0. The van der Waals surface area contributed by atoms with Gasteiger partial charge in [-0.1, -0.05) is 0 Å². The first-order valence-electron chi connectivity index (χ1n) is 4.79. The minimum Gasteiger partial charge on any atom is -0.478 e. The molecule has 0 saturated carbocycles. The molecule has 3 nitrogen and oxygen atoms in total.